The Bertz CT molecular complexity index is 813. The standard InChI is InChI=1S/C15H15ClN4O/c1-3-20-14(19-12-5-4-6-18-15(12)20)9-7-10(16)11(17)8-13(9)21-2/h4-8H,3,17H2,1-2H3. The Hall–Kier alpha value is -2.27. The number of hydrogen-bond acceptors (Lipinski definition) is 4. The van der Waals surface area contributed by atoms with Crippen LogP contribution in [-0.2, 0) is 6.54 Å². The number of ether oxygens (including phenoxy) is 1. The molecule has 5 nitrogen and oxygen atoms in total. The molecule has 0 aliphatic carbocycles. The number of nitrogen functional groups attached to an aromatic ring is 1. The molecule has 0 spiro atoms. The van der Waals surface area contributed by atoms with Gasteiger partial charge in [-0.1, -0.05) is 11.6 Å². The van der Waals surface area contributed by atoms with Gasteiger partial charge in [0.05, 0.1) is 23.4 Å². The molecule has 2 aromatic heterocycles. The first kappa shape index (κ1) is 13.7. The van der Waals surface area contributed by atoms with E-state index in [9.17, 15) is 0 Å². The minimum absolute atomic E-state index is 0.480. The minimum Gasteiger partial charge on any atom is -0.496 e. The summed E-state index contributed by atoms with van der Waals surface area (Å²) in [5, 5.41) is 0.480. The molecule has 0 aliphatic heterocycles. The van der Waals surface area contributed by atoms with Crippen LogP contribution in [0.3, 0.4) is 0 Å². The highest BCUT2D eigenvalue weighted by atomic mass is 35.5. The Morgan fingerprint density at radius 1 is 1.38 bits per heavy atom. The van der Waals surface area contributed by atoms with Gasteiger partial charge in [-0.05, 0) is 25.1 Å². The van der Waals surface area contributed by atoms with Crippen molar-refractivity contribution in [3.8, 4) is 17.1 Å². The summed E-state index contributed by atoms with van der Waals surface area (Å²) in [6.07, 6.45) is 1.76. The molecule has 0 saturated carbocycles. The molecule has 1 aromatic carbocycles. The minimum atomic E-state index is 0.480. The quantitative estimate of drug-likeness (QED) is 0.753. The van der Waals surface area contributed by atoms with Crippen LogP contribution in [0, 0.1) is 0 Å². The third kappa shape index (κ3) is 2.19. The van der Waals surface area contributed by atoms with Crippen LogP contribution >= 0.6 is 11.6 Å². The summed E-state index contributed by atoms with van der Waals surface area (Å²) in [4.78, 5) is 9.05. The van der Waals surface area contributed by atoms with Crippen molar-refractivity contribution in [1.29, 1.82) is 0 Å². The lowest BCUT2D eigenvalue weighted by Gasteiger charge is -2.11. The molecule has 0 saturated heterocycles. The largest absolute Gasteiger partial charge is 0.496 e. The Morgan fingerprint density at radius 2 is 2.19 bits per heavy atom. The van der Waals surface area contributed by atoms with Gasteiger partial charge in [-0.15, -0.1) is 0 Å². The molecule has 0 radical (unpaired) electrons. The fourth-order valence-electron chi connectivity index (χ4n) is 2.38. The number of pyridine rings is 1. The van der Waals surface area contributed by atoms with E-state index < -0.39 is 0 Å². The van der Waals surface area contributed by atoms with Crippen LogP contribution in [0.25, 0.3) is 22.6 Å². The zero-order valence-corrected chi connectivity index (χ0v) is 12.6. The molecular weight excluding hydrogens is 288 g/mol. The third-order valence-electron chi connectivity index (χ3n) is 3.38. The zero-order chi connectivity index (χ0) is 15.0. The number of anilines is 1. The van der Waals surface area contributed by atoms with Gasteiger partial charge in [-0.25, -0.2) is 9.97 Å². The lowest BCUT2D eigenvalue weighted by atomic mass is 10.1. The summed E-state index contributed by atoms with van der Waals surface area (Å²) in [5.74, 6) is 1.41. The number of aryl methyl sites for hydroxylation is 1. The number of aromatic nitrogens is 3. The second-order valence-electron chi connectivity index (χ2n) is 4.60. The van der Waals surface area contributed by atoms with E-state index in [1.807, 2.05) is 23.6 Å². The molecule has 21 heavy (non-hydrogen) atoms. The smallest absolute Gasteiger partial charge is 0.160 e. The van der Waals surface area contributed by atoms with E-state index in [-0.39, 0.29) is 0 Å². The van der Waals surface area contributed by atoms with Crippen LogP contribution in [0.1, 0.15) is 6.92 Å². The number of hydrogen-bond donors (Lipinski definition) is 1. The highest BCUT2D eigenvalue weighted by molar-refractivity contribution is 6.33. The van der Waals surface area contributed by atoms with Crippen molar-refractivity contribution in [3.63, 3.8) is 0 Å². The van der Waals surface area contributed by atoms with Crippen LogP contribution in [0.15, 0.2) is 30.5 Å². The third-order valence-corrected chi connectivity index (χ3v) is 3.71. The van der Waals surface area contributed by atoms with Gasteiger partial charge in [0.15, 0.2) is 5.65 Å². The number of imidazole rings is 1. The molecule has 0 fully saturated rings. The number of benzene rings is 1. The number of halogens is 1. The van der Waals surface area contributed by atoms with Crippen molar-refractivity contribution < 1.29 is 4.74 Å². The van der Waals surface area contributed by atoms with Gasteiger partial charge in [0.25, 0.3) is 0 Å². The zero-order valence-electron chi connectivity index (χ0n) is 11.8. The molecule has 2 N–H and O–H groups in total. The first-order valence-electron chi connectivity index (χ1n) is 6.60. The Labute approximate surface area is 127 Å². The van der Waals surface area contributed by atoms with E-state index in [2.05, 4.69) is 9.97 Å². The fraction of sp³-hybridized carbons (Fsp3) is 0.200. The van der Waals surface area contributed by atoms with Gasteiger partial charge in [0.2, 0.25) is 0 Å². The van der Waals surface area contributed by atoms with Gasteiger partial charge in [-0.2, -0.15) is 0 Å². The molecule has 2 heterocycles. The maximum atomic E-state index is 6.15. The number of fused-ring (bicyclic) bond motifs is 1. The molecular formula is C15H15ClN4O. The average Bonchev–Trinajstić information content (AvgIpc) is 2.87. The topological polar surface area (TPSA) is 66.0 Å². The van der Waals surface area contributed by atoms with Crippen molar-refractivity contribution in [2.45, 2.75) is 13.5 Å². The number of nitrogens with two attached hydrogens (primary N) is 1. The van der Waals surface area contributed by atoms with Crippen LogP contribution in [0.4, 0.5) is 5.69 Å². The average molecular weight is 303 g/mol. The van der Waals surface area contributed by atoms with Gasteiger partial charge in [-0.3, -0.25) is 0 Å². The Balaban J connectivity index is 2.32. The molecule has 0 atom stereocenters. The molecule has 3 rings (SSSR count). The Morgan fingerprint density at radius 3 is 2.90 bits per heavy atom. The summed E-state index contributed by atoms with van der Waals surface area (Å²) >= 11 is 6.15. The molecule has 0 amide bonds. The van der Waals surface area contributed by atoms with Gasteiger partial charge in [0.1, 0.15) is 17.1 Å². The number of rotatable bonds is 3. The second-order valence-corrected chi connectivity index (χ2v) is 5.01. The van der Waals surface area contributed by atoms with E-state index in [4.69, 9.17) is 22.1 Å². The van der Waals surface area contributed by atoms with Crippen LogP contribution < -0.4 is 10.5 Å². The van der Waals surface area contributed by atoms with E-state index in [0.29, 0.717) is 16.5 Å². The normalized spacial score (nSPS) is 11.0. The predicted molar refractivity (Wildman–Crippen MR) is 84.6 cm³/mol. The highest BCUT2D eigenvalue weighted by Crippen LogP contribution is 2.36. The lowest BCUT2D eigenvalue weighted by molar-refractivity contribution is 0.416. The second kappa shape index (κ2) is 5.26. The SMILES string of the molecule is CCn1c(-c2cc(Cl)c(N)cc2OC)nc2cccnc21. The summed E-state index contributed by atoms with van der Waals surface area (Å²) in [6, 6.07) is 7.29. The molecule has 108 valence electrons. The maximum Gasteiger partial charge on any atom is 0.160 e. The fourth-order valence-corrected chi connectivity index (χ4v) is 2.54. The maximum absolute atomic E-state index is 6.15. The van der Waals surface area contributed by atoms with E-state index in [0.717, 1.165) is 29.1 Å². The predicted octanol–water partition coefficient (Wildman–Crippen LogP) is 3.36. The Kier molecular flexibility index (Phi) is 3.43. The van der Waals surface area contributed by atoms with Crippen molar-refractivity contribution in [1.82, 2.24) is 14.5 Å². The first-order valence-corrected chi connectivity index (χ1v) is 6.98. The van der Waals surface area contributed by atoms with E-state index >= 15 is 0 Å². The number of nitrogens with zero attached hydrogens (tertiary/aromatic N) is 3. The van der Waals surface area contributed by atoms with Crippen molar-refractivity contribution >= 4 is 28.5 Å². The van der Waals surface area contributed by atoms with Crippen molar-refractivity contribution in [3.05, 3.63) is 35.5 Å². The van der Waals surface area contributed by atoms with Crippen molar-refractivity contribution in [2.75, 3.05) is 12.8 Å². The van der Waals surface area contributed by atoms with Crippen LogP contribution in [0.5, 0.6) is 5.75 Å². The molecule has 0 aliphatic rings. The summed E-state index contributed by atoms with van der Waals surface area (Å²) < 4.78 is 7.45. The van der Waals surface area contributed by atoms with Gasteiger partial charge < -0.3 is 15.0 Å². The van der Waals surface area contributed by atoms with Crippen LogP contribution in [0.2, 0.25) is 5.02 Å². The highest BCUT2D eigenvalue weighted by Gasteiger charge is 2.17. The van der Waals surface area contributed by atoms with Crippen LogP contribution in [-0.4, -0.2) is 21.6 Å². The van der Waals surface area contributed by atoms with E-state index in [1.165, 1.54) is 0 Å². The summed E-state index contributed by atoms with van der Waals surface area (Å²) in [7, 11) is 1.60. The molecule has 6 heteroatoms. The number of methoxy groups -OCH3 is 1. The summed E-state index contributed by atoms with van der Waals surface area (Å²) in [6.45, 7) is 2.79. The molecule has 0 unspecified atom stereocenters. The van der Waals surface area contributed by atoms with Gasteiger partial charge >= 0.3 is 0 Å². The molecule has 3 aromatic rings. The summed E-state index contributed by atoms with van der Waals surface area (Å²) in [5.41, 5.74) is 8.80. The first-order chi connectivity index (χ1) is 10.2. The lowest BCUT2D eigenvalue weighted by Crippen LogP contribution is -2.01. The van der Waals surface area contributed by atoms with Crippen molar-refractivity contribution in [2.24, 2.45) is 0 Å². The molecule has 0 bridgehead atoms. The van der Waals surface area contributed by atoms with Gasteiger partial charge in [0, 0.05) is 18.8 Å². The monoisotopic (exact) mass is 302 g/mol. The van der Waals surface area contributed by atoms with E-state index in [1.54, 1.807) is 25.4 Å².